The monoisotopic (exact) mass is 564 g/mol. The highest BCUT2D eigenvalue weighted by Crippen LogP contribution is 2.68. The molecule has 23 heavy (non-hydrogen) atoms. The molecule has 138 valence electrons. The van der Waals surface area contributed by atoms with Crippen molar-refractivity contribution in [3.63, 3.8) is 0 Å². The van der Waals surface area contributed by atoms with Crippen molar-refractivity contribution in [2.24, 2.45) is 0 Å². The van der Waals surface area contributed by atoms with Crippen molar-refractivity contribution in [1.29, 1.82) is 0 Å². The zero-order valence-corrected chi connectivity index (χ0v) is 20.0. The Labute approximate surface area is 194 Å². The third-order valence-electron chi connectivity index (χ3n) is 3.26. The average molecular weight is 570 g/mol. The number of epoxide rings is 1. The Bertz CT molecular complexity index is 447. The Kier molecular flexibility index (Phi) is 7.83. The van der Waals surface area contributed by atoms with E-state index in [0.717, 1.165) is 0 Å². The van der Waals surface area contributed by atoms with Crippen molar-refractivity contribution in [2.45, 2.75) is 45.4 Å². The van der Waals surface area contributed by atoms with Gasteiger partial charge in [0.2, 0.25) is 3.79 Å². The Morgan fingerprint density at radius 2 is 1.13 bits per heavy atom. The maximum atomic E-state index is 6.27. The molecule has 0 aromatic heterocycles. The van der Waals surface area contributed by atoms with E-state index in [4.69, 9.17) is 144 Å². The summed E-state index contributed by atoms with van der Waals surface area (Å²) in [6.45, 7) is 1.62. The molecule has 0 aromatic rings. The first-order chi connectivity index (χ1) is 9.83. The lowest BCUT2D eigenvalue weighted by Crippen LogP contribution is -2.66. The molecule has 0 amide bonds. The minimum atomic E-state index is -2.47. The highest BCUT2D eigenvalue weighted by atomic mass is 35.6. The summed E-state index contributed by atoms with van der Waals surface area (Å²) in [7, 11) is 0. The van der Waals surface area contributed by atoms with Gasteiger partial charge < -0.3 is 4.74 Å². The van der Waals surface area contributed by atoms with Crippen molar-refractivity contribution in [1.82, 2.24) is 0 Å². The molecule has 1 aliphatic rings. The SMILES string of the molecule is CC(Cl)(C(Cl)(Cl)Cl)C(Cl)(Cl)C(Cl)(Cl)C(Cl)(Cl)C(Cl)(Cl)CC1CO1. The van der Waals surface area contributed by atoms with Crippen molar-refractivity contribution in [2.75, 3.05) is 6.61 Å². The minimum Gasteiger partial charge on any atom is -0.373 e. The van der Waals surface area contributed by atoms with Gasteiger partial charge in [-0.15, -0.1) is 11.6 Å². The van der Waals surface area contributed by atoms with Crippen LogP contribution in [0.1, 0.15) is 13.3 Å². The third-order valence-corrected chi connectivity index (χ3v) is 11.1. The maximum absolute atomic E-state index is 6.27. The molecule has 1 saturated heterocycles. The number of hydrogen-bond acceptors (Lipinski definition) is 1. The summed E-state index contributed by atoms with van der Waals surface area (Å²) in [4.78, 5) is -2.04. The zero-order chi connectivity index (χ0) is 18.7. The molecule has 2 unspecified atom stereocenters. The molecule has 0 radical (unpaired) electrons. The first-order valence-electron chi connectivity index (χ1n) is 5.71. The highest BCUT2D eigenvalue weighted by molar-refractivity contribution is 6.77. The average Bonchev–Trinajstić information content (AvgIpc) is 3.09. The molecule has 2 atom stereocenters. The van der Waals surface area contributed by atoms with Gasteiger partial charge in [0.05, 0.1) is 12.7 Å². The van der Waals surface area contributed by atoms with Crippen LogP contribution in [0.3, 0.4) is 0 Å². The Balaban J connectivity index is 3.30. The van der Waals surface area contributed by atoms with Crippen LogP contribution in [0, 0.1) is 0 Å². The molecule has 1 aliphatic heterocycles. The topological polar surface area (TPSA) is 12.5 Å². The molecule has 1 heterocycles. The van der Waals surface area contributed by atoms with Crippen LogP contribution in [0.25, 0.3) is 0 Å². The summed E-state index contributed by atoms with van der Waals surface area (Å²) in [6.07, 6.45) is -0.261. The Hall–Kier alpha value is 3.44. The van der Waals surface area contributed by atoms with Gasteiger partial charge in [-0.2, -0.15) is 0 Å². The van der Waals surface area contributed by atoms with Gasteiger partial charge >= 0.3 is 0 Å². The van der Waals surface area contributed by atoms with E-state index in [1.807, 2.05) is 0 Å². The molecule has 1 nitrogen and oxygen atoms in total. The first kappa shape index (κ1) is 24.5. The van der Waals surface area contributed by atoms with Crippen LogP contribution in [0.5, 0.6) is 0 Å². The lowest BCUT2D eigenvalue weighted by atomic mass is 9.98. The fraction of sp³-hybridized carbons (Fsp3) is 1.00. The molecule has 1 fully saturated rings. The molecule has 0 N–H and O–H groups in total. The van der Waals surface area contributed by atoms with E-state index >= 15 is 0 Å². The molecule has 0 aliphatic carbocycles. The molecule has 0 bridgehead atoms. The lowest BCUT2D eigenvalue weighted by Gasteiger charge is -2.52. The minimum absolute atomic E-state index is 0.000919. The quantitative estimate of drug-likeness (QED) is 0.235. The summed E-state index contributed by atoms with van der Waals surface area (Å²) in [5.41, 5.74) is 0. The van der Waals surface area contributed by atoms with Gasteiger partial charge in [0.15, 0.2) is 17.3 Å². The molecule has 1 rings (SSSR count). The molecular formula is C10H8Cl12O. The van der Waals surface area contributed by atoms with Gasteiger partial charge in [0.25, 0.3) is 0 Å². The highest BCUT2D eigenvalue weighted by Gasteiger charge is 2.75. The summed E-state index contributed by atoms with van der Waals surface area (Å²) in [5, 5.41) is 0. The predicted molar refractivity (Wildman–Crippen MR) is 107 cm³/mol. The first-order valence-corrected chi connectivity index (χ1v) is 10.2. The van der Waals surface area contributed by atoms with Crippen LogP contribution in [0.15, 0.2) is 0 Å². The zero-order valence-electron chi connectivity index (χ0n) is 10.9. The predicted octanol–water partition coefficient (Wildman–Crippen LogP) is 7.84. The van der Waals surface area contributed by atoms with E-state index in [9.17, 15) is 0 Å². The van der Waals surface area contributed by atoms with Crippen molar-refractivity contribution in [3.8, 4) is 0 Å². The molecule has 0 saturated carbocycles. The van der Waals surface area contributed by atoms with Crippen LogP contribution in [-0.4, -0.2) is 38.7 Å². The van der Waals surface area contributed by atoms with Crippen LogP contribution in [0.4, 0.5) is 0 Å². The second-order valence-electron chi connectivity index (χ2n) is 5.09. The largest absolute Gasteiger partial charge is 0.373 e. The van der Waals surface area contributed by atoms with Crippen LogP contribution in [-0.2, 0) is 4.74 Å². The smallest absolute Gasteiger partial charge is 0.212 e. The van der Waals surface area contributed by atoms with E-state index in [1.54, 1.807) is 0 Å². The van der Waals surface area contributed by atoms with E-state index in [2.05, 4.69) is 0 Å². The molecule has 13 heteroatoms. The number of halogens is 12. The van der Waals surface area contributed by atoms with Crippen molar-refractivity contribution < 1.29 is 4.74 Å². The van der Waals surface area contributed by atoms with Gasteiger partial charge in [-0.3, -0.25) is 0 Å². The molecule has 0 aromatic carbocycles. The van der Waals surface area contributed by atoms with Crippen LogP contribution < -0.4 is 0 Å². The van der Waals surface area contributed by atoms with E-state index in [1.165, 1.54) is 6.92 Å². The maximum Gasteiger partial charge on any atom is 0.212 e. The third kappa shape index (κ3) is 4.39. The van der Waals surface area contributed by atoms with E-state index in [0.29, 0.717) is 6.61 Å². The van der Waals surface area contributed by atoms with Crippen molar-refractivity contribution >= 4 is 139 Å². The normalized spacial score (nSPS) is 23.6. The van der Waals surface area contributed by atoms with Gasteiger partial charge in [0.1, 0.15) is 4.87 Å². The van der Waals surface area contributed by atoms with Gasteiger partial charge in [-0.1, -0.05) is 128 Å². The van der Waals surface area contributed by atoms with E-state index < -0.39 is 26.0 Å². The number of rotatable bonds is 6. The van der Waals surface area contributed by atoms with Gasteiger partial charge in [-0.25, -0.2) is 0 Å². The standard InChI is InChI=1S/C10H8Cl12O/c1-5(11,10(20,21)22)7(14,15)9(18,19)8(16,17)6(12,13)2-4-3-23-4/h4H,2-3H2,1H3. The van der Waals surface area contributed by atoms with Gasteiger partial charge in [-0.05, 0) is 6.92 Å². The number of hydrogen-bond donors (Lipinski definition) is 0. The molecule has 0 spiro atoms. The fourth-order valence-corrected chi connectivity index (χ4v) is 5.17. The Morgan fingerprint density at radius 1 is 0.739 bits per heavy atom. The van der Waals surface area contributed by atoms with Gasteiger partial charge in [0, 0.05) is 6.42 Å². The summed E-state index contributed by atoms with van der Waals surface area (Å²) in [6, 6.07) is 0. The fourth-order valence-electron chi connectivity index (χ4n) is 1.50. The van der Waals surface area contributed by atoms with E-state index in [-0.39, 0.29) is 12.5 Å². The summed E-state index contributed by atoms with van der Waals surface area (Å²) in [5.74, 6) is 0. The van der Waals surface area contributed by atoms with Crippen molar-refractivity contribution in [3.05, 3.63) is 0 Å². The molecular weight excluding hydrogens is 562 g/mol. The lowest BCUT2D eigenvalue weighted by molar-refractivity contribution is 0.368. The number of alkyl halides is 12. The second kappa shape index (κ2) is 7.36. The van der Waals surface area contributed by atoms with Crippen LogP contribution in [0.2, 0.25) is 0 Å². The second-order valence-corrected chi connectivity index (χ2v) is 13.6. The summed E-state index contributed by atoms with van der Waals surface area (Å²) >= 11 is 73.6. The van der Waals surface area contributed by atoms with Crippen LogP contribution >= 0.6 is 139 Å². The number of ether oxygens (including phenoxy) is 1. The Morgan fingerprint density at radius 3 is 1.43 bits per heavy atom. The summed E-state index contributed by atoms with van der Waals surface area (Å²) < 4.78 is -6.27.